The Labute approximate surface area is 194 Å². The largest absolute Gasteiger partial charge is 0.329 e. The lowest BCUT2D eigenvalue weighted by atomic mass is 9.72. The predicted octanol–water partition coefficient (Wildman–Crippen LogP) is 4.96. The third kappa shape index (κ3) is 5.97. The lowest BCUT2D eigenvalue weighted by Crippen LogP contribution is -2.37. The van der Waals surface area contributed by atoms with Gasteiger partial charge in [-0.25, -0.2) is 0 Å². The Morgan fingerprint density at radius 2 is 1.72 bits per heavy atom. The number of nitrogens with zero attached hydrogens (tertiary/aromatic N) is 1. The minimum absolute atomic E-state index is 0.00400. The highest BCUT2D eigenvalue weighted by molar-refractivity contribution is 7.14. The number of carbonyl (C=O) groups is 3. The molecule has 2 aromatic rings. The van der Waals surface area contributed by atoms with E-state index in [9.17, 15) is 14.4 Å². The highest BCUT2D eigenvalue weighted by Crippen LogP contribution is 2.40. The van der Waals surface area contributed by atoms with Crippen LogP contribution in [0.2, 0.25) is 0 Å². The Kier molecular flexibility index (Phi) is 7.39. The van der Waals surface area contributed by atoms with Crippen molar-refractivity contribution in [1.82, 2.24) is 4.90 Å². The second kappa shape index (κ2) is 9.86. The molecule has 1 aromatic heterocycles. The maximum absolute atomic E-state index is 13.1. The van der Waals surface area contributed by atoms with E-state index >= 15 is 0 Å². The van der Waals surface area contributed by atoms with Crippen LogP contribution in [0.15, 0.2) is 30.3 Å². The van der Waals surface area contributed by atoms with Gasteiger partial charge in [0.1, 0.15) is 6.54 Å². The molecule has 1 atom stereocenters. The van der Waals surface area contributed by atoms with Crippen LogP contribution in [0.3, 0.4) is 0 Å². The van der Waals surface area contributed by atoms with Gasteiger partial charge in [-0.05, 0) is 73.4 Å². The van der Waals surface area contributed by atoms with Gasteiger partial charge >= 0.3 is 0 Å². The van der Waals surface area contributed by atoms with E-state index in [1.54, 1.807) is 40.5 Å². The number of fused-ring (bicyclic) bond motifs is 1. The number of nitrogens with one attached hydrogen (secondary N) is 2. The summed E-state index contributed by atoms with van der Waals surface area (Å²) < 4.78 is 0. The molecule has 3 rings (SSSR count). The van der Waals surface area contributed by atoms with Crippen molar-refractivity contribution >= 4 is 40.4 Å². The molecule has 1 aliphatic rings. The van der Waals surface area contributed by atoms with Gasteiger partial charge in [0.05, 0.1) is 4.88 Å². The van der Waals surface area contributed by atoms with Crippen molar-refractivity contribution in [2.24, 2.45) is 11.3 Å². The molecule has 2 N–H and O–H groups in total. The van der Waals surface area contributed by atoms with E-state index in [0.717, 1.165) is 24.1 Å². The van der Waals surface area contributed by atoms with Crippen LogP contribution in [-0.4, -0.2) is 35.7 Å². The molecule has 0 saturated heterocycles. The van der Waals surface area contributed by atoms with Crippen LogP contribution in [0.5, 0.6) is 0 Å². The minimum Gasteiger partial charge on any atom is -0.329 e. The van der Waals surface area contributed by atoms with Gasteiger partial charge in [0.25, 0.3) is 5.91 Å². The fourth-order valence-corrected chi connectivity index (χ4v) is 5.24. The summed E-state index contributed by atoms with van der Waals surface area (Å²) in [4.78, 5) is 40.4. The maximum Gasteiger partial charge on any atom is 0.264 e. The van der Waals surface area contributed by atoms with Gasteiger partial charge in [0.15, 0.2) is 0 Å². The molecule has 0 saturated carbocycles. The molecule has 1 aromatic carbocycles. The monoisotopic (exact) mass is 455 g/mol. The Hall–Kier alpha value is -2.67. The van der Waals surface area contributed by atoms with Gasteiger partial charge in [0, 0.05) is 29.7 Å². The second-order valence-electron chi connectivity index (χ2n) is 9.49. The molecule has 0 aliphatic heterocycles. The van der Waals surface area contributed by atoms with Crippen molar-refractivity contribution in [2.45, 2.75) is 53.9 Å². The molecule has 172 valence electrons. The van der Waals surface area contributed by atoms with Gasteiger partial charge in [-0.15, -0.1) is 11.3 Å². The summed E-state index contributed by atoms with van der Waals surface area (Å²) in [6, 6.07) is 8.93. The van der Waals surface area contributed by atoms with Crippen molar-refractivity contribution in [3.8, 4) is 0 Å². The van der Waals surface area contributed by atoms with E-state index in [-0.39, 0.29) is 29.7 Å². The number of thiophene rings is 1. The Balaban J connectivity index is 1.62. The molecule has 1 aliphatic carbocycles. The molecule has 0 spiro atoms. The Bertz CT molecular complexity index is 989. The number of hydrogen-bond donors (Lipinski definition) is 2. The smallest absolute Gasteiger partial charge is 0.264 e. The van der Waals surface area contributed by atoms with E-state index in [2.05, 4.69) is 31.4 Å². The SMILES string of the molecule is CCN(CC(=O)Nc1ccc(NC(C)=O)cc1)C(=O)c1cc2c(s1)CCC(C(C)(C)C)C2. The van der Waals surface area contributed by atoms with Crippen LogP contribution < -0.4 is 10.6 Å². The minimum atomic E-state index is -0.249. The van der Waals surface area contributed by atoms with Crippen LogP contribution in [0.1, 0.15) is 61.2 Å². The van der Waals surface area contributed by atoms with Crippen LogP contribution >= 0.6 is 11.3 Å². The lowest BCUT2D eigenvalue weighted by Gasteiger charge is -2.33. The molecule has 7 heteroatoms. The number of likely N-dealkylation sites (N-methyl/N-ethyl adjacent to an activating group) is 1. The topological polar surface area (TPSA) is 78.5 Å². The summed E-state index contributed by atoms with van der Waals surface area (Å²) in [5.74, 6) is 0.137. The fourth-order valence-electron chi connectivity index (χ4n) is 4.07. The van der Waals surface area contributed by atoms with Gasteiger partial charge in [-0.3, -0.25) is 14.4 Å². The van der Waals surface area contributed by atoms with Crippen molar-refractivity contribution in [2.75, 3.05) is 23.7 Å². The zero-order chi connectivity index (χ0) is 23.5. The van der Waals surface area contributed by atoms with Crippen molar-refractivity contribution < 1.29 is 14.4 Å². The third-order valence-corrected chi connectivity index (χ3v) is 7.24. The number of benzene rings is 1. The van der Waals surface area contributed by atoms with E-state index in [1.807, 2.05) is 13.0 Å². The highest BCUT2D eigenvalue weighted by Gasteiger charge is 2.31. The van der Waals surface area contributed by atoms with E-state index < -0.39 is 0 Å². The number of rotatable bonds is 6. The molecule has 1 unspecified atom stereocenters. The number of hydrogen-bond acceptors (Lipinski definition) is 4. The molecule has 32 heavy (non-hydrogen) atoms. The average molecular weight is 456 g/mol. The number of carbonyl (C=O) groups excluding carboxylic acids is 3. The van der Waals surface area contributed by atoms with Gasteiger partial charge < -0.3 is 15.5 Å². The zero-order valence-electron chi connectivity index (χ0n) is 19.6. The first-order valence-corrected chi connectivity index (χ1v) is 12.0. The van der Waals surface area contributed by atoms with Crippen LogP contribution in [0.4, 0.5) is 11.4 Å². The summed E-state index contributed by atoms with van der Waals surface area (Å²) in [6.45, 7) is 10.6. The van der Waals surface area contributed by atoms with E-state index in [0.29, 0.717) is 23.8 Å². The maximum atomic E-state index is 13.1. The van der Waals surface area contributed by atoms with Crippen LogP contribution in [0, 0.1) is 11.3 Å². The zero-order valence-corrected chi connectivity index (χ0v) is 20.4. The fraction of sp³-hybridized carbons (Fsp3) is 0.480. The van der Waals surface area contributed by atoms with Crippen molar-refractivity contribution in [3.05, 3.63) is 45.6 Å². The number of amides is 3. The highest BCUT2D eigenvalue weighted by atomic mass is 32.1. The first kappa shape index (κ1) is 24.0. The van der Waals surface area contributed by atoms with Crippen LogP contribution in [0.25, 0.3) is 0 Å². The molecular weight excluding hydrogens is 422 g/mol. The standard InChI is InChI=1S/C25H33N3O3S/c1-6-28(15-23(30)27-20-10-8-19(9-11-20)26-16(2)29)24(31)22-14-17-13-18(25(3,4)5)7-12-21(17)32-22/h8-11,14,18H,6-7,12-13,15H2,1-5H3,(H,26,29)(H,27,30). The quantitative estimate of drug-likeness (QED) is 0.646. The van der Waals surface area contributed by atoms with Crippen molar-refractivity contribution in [1.29, 1.82) is 0 Å². The summed E-state index contributed by atoms with van der Waals surface area (Å²) in [5, 5.41) is 5.51. The molecule has 0 fully saturated rings. The molecule has 3 amide bonds. The summed E-state index contributed by atoms with van der Waals surface area (Å²) in [7, 11) is 0. The predicted molar refractivity (Wildman–Crippen MR) is 130 cm³/mol. The van der Waals surface area contributed by atoms with E-state index in [1.165, 1.54) is 17.4 Å². The molecule has 6 nitrogen and oxygen atoms in total. The van der Waals surface area contributed by atoms with E-state index in [4.69, 9.17) is 0 Å². The lowest BCUT2D eigenvalue weighted by molar-refractivity contribution is -0.117. The van der Waals surface area contributed by atoms with Gasteiger partial charge in [-0.1, -0.05) is 20.8 Å². The Morgan fingerprint density at radius 3 is 2.28 bits per heavy atom. The number of aryl methyl sites for hydroxylation is 1. The summed E-state index contributed by atoms with van der Waals surface area (Å²) >= 11 is 1.58. The second-order valence-corrected chi connectivity index (χ2v) is 10.6. The molecule has 1 heterocycles. The number of anilines is 2. The first-order chi connectivity index (χ1) is 15.1. The summed E-state index contributed by atoms with van der Waals surface area (Å²) in [6.07, 6.45) is 3.20. The molecule has 0 bridgehead atoms. The summed E-state index contributed by atoms with van der Waals surface area (Å²) in [5.41, 5.74) is 2.84. The molecule has 0 radical (unpaired) electrons. The first-order valence-electron chi connectivity index (χ1n) is 11.1. The average Bonchev–Trinajstić information content (AvgIpc) is 3.15. The van der Waals surface area contributed by atoms with Gasteiger partial charge in [0.2, 0.25) is 11.8 Å². The Morgan fingerprint density at radius 1 is 1.09 bits per heavy atom. The normalized spacial score (nSPS) is 15.6. The van der Waals surface area contributed by atoms with Crippen LogP contribution in [-0.2, 0) is 22.4 Å². The molecular formula is C25H33N3O3S. The third-order valence-electron chi connectivity index (χ3n) is 6.01. The van der Waals surface area contributed by atoms with Crippen molar-refractivity contribution in [3.63, 3.8) is 0 Å². The van der Waals surface area contributed by atoms with Gasteiger partial charge in [-0.2, -0.15) is 0 Å².